The number of hydrogen-bond donors (Lipinski definition) is 3. The monoisotopic (exact) mass is 516 g/mol. The molecule has 1 aromatic heterocycles. The Labute approximate surface area is 214 Å². The minimum Gasteiger partial charge on any atom is -0.507 e. The zero-order chi connectivity index (χ0) is 26.4. The maximum atomic E-state index is 13.3. The highest BCUT2D eigenvalue weighted by atomic mass is 35.5. The van der Waals surface area contributed by atoms with Crippen molar-refractivity contribution in [2.75, 3.05) is 13.7 Å². The van der Waals surface area contributed by atoms with Crippen LogP contribution in [0.1, 0.15) is 44.1 Å². The lowest BCUT2D eigenvalue weighted by atomic mass is 9.97. The first kappa shape index (κ1) is 26.9. The summed E-state index contributed by atoms with van der Waals surface area (Å²) in [6.45, 7) is 5.82. The molecule has 36 heavy (non-hydrogen) atoms. The Hall–Kier alpha value is -3.72. The van der Waals surface area contributed by atoms with Gasteiger partial charge in [-0.1, -0.05) is 35.8 Å². The lowest BCUT2D eigenvalue weighted by molar-refractivity contribution is -0.144. The van der Waals surface area contributed by atoms with E-state index in [0.717, 1.165) is 6.07 Å². The van der Waals surface area contributed by atoms with E-state index in [9.17, 15) is 19.8 Å². The van der Waals surface area contributed by atoms with Gasteiger partial charge in [0.25, 0.3) is 5.91 Å². The second kappa shape index (κ2) is 11.8. The number of halogens is 1. The maximum Gasteiger partial charge on any atom is 0.306 e. The molecule has 1 heterocycles. The quantitative estimate of drug-likeness (QED) is 0.314. The fourth-order valence-electron chi connectivity index (χ4n) is 3.93. The molecular weight excluding hydrogens is 488 g/mol. The minimum atomic E-state index is -0.490. The van der Waals surface area contributed by atoms with Crippen molar-refractivity contribution < 1.29 is 33.8 Å². The molecule has 10 heteroatoms. The summed E-state index contributed by atoms with van der Waals surface area (Å²) in [6.07, 6.45) is 0.793. The number of hydrogen-bond acceptors (Lipinski definition) is 8. The summed E-state index contributed by atoms with van der Waals surface area (Å²) < 4.78 is 15.7. The molecule has 0 aliphatic rings. The number of carbonyl (C=O) groups excluding carboxylic acids is 2. The van der Waals surface area contributed by atoms with Crippen LogP contribution in [0, 0.1) is 5.92 Å². The van der Waals surface area contributed by atoms with E-state index < -0.39 is 5.91 Å². The number of carbonyl (C=O) groups is 2. The molecule has 192 valence electrons. The third kappa shape index (κ3) is 6.28. The van der Waals surface area contributed by atoms with Crippen molar-refractivity contribution in [2.24, 2.45) is 5.92 Å². The van der Waals surface area contributed by atoms with Crippen LogP contribution in [0.15, 0.2) is 40.9 Å². The van der Waals surface area contributed by atoms with Crippen LogP contribution in [0.25, 0.3) is 22.5 Å². The van der Waals surface area contributed by atoms with E-state index in [1.807, 2.05) is 13.8 Å². The van der Waals surface area contributed by atoms with Crippen molar-refractivity contribution in [3.05, 3.63) is 47.1 Å². The molecule has 0 bridgehead atoms. The van der Waals surface area contributed by atoms with Crippen molar-refractivity contribution in [3.63, 3.8) is 0 Å². The number of benzene rings is 2. The molecule has 2 aromatic carbocycles. The largest absolute Gasteiger partial charge is 0.507 e. The van der Waals surface area contributed by atoms with E-state index in [1.165, 1.54) is 6.07 Å². The van der Waals surface area contributed by atoms with Gasteiger partial charge in [0.15, 0.2) is 11.5 Å². The highest BCUT2D eigenvalue weighted by Gasteiger charge is 2.28. The van der Waals surface area contributed by atoms with Gasteiger partial charge in [-0.15, -0.1) is 0 Å². The molecule has 0 aliphatic carbocycles. The van der Waals surface area contributed by atoms with Gasteiger partial charge in [-0.05, 0) is 49.9 Å². The van der Waals surface area contributed by atoms with Crippen molar-refractivity contribution in [1.82, 2.24) is 10.5 Å². The predicted molar refractivity (Wildman–Crippen MR) is 134 cm³/mol. The molecule has 2 unspecified atom stereocenters. The summed E-state index contributed by atoms with van der Waals surface area (Å²) in [4.78, 5) is 25.0. The number of phenols is 2. The molecule has 0 saturated heterocycles. The third-order valence-electron chi connectivity index (χ3n) is 5.55. The zero-order valence-corrected chi connectivity index (χ0v) is 21.3. The molecule has 1 amide bonds. The SMILES string of the molecule is CCOC(=O)CC(C)CC(C)NC(=O)c1noc(-c2cc(Cl)c(O)cc2O)c1-c1ccc(OC)cc1. The smallest absolute Gasteiger partial charge is 0.306 e. The summed E-state index contributed by atoms with van der Waals surface area (Å²) in [7, 11) is 1.54. The average Bonchev–Trinajstić information content (AvgIpc) is 3.26. The third-order valence-corrected chi connectivity index (χ3v) is 5.85. The Kier molecular flexibility index (Phi) is 8.82. The molecule has 0 aliphatic heterocycles. The van der Waals surface area contributed by atoms with Gasteiger partial charge in [0.1, 0.15) is 17.2 Å². The molecule has 3 rings (SSSR count). The van der Waals surface area contributed by atoms with E-state index >= 15 is 0 Å². The maximum absolute atomic E-state index is 13.3. The molecule has 0 spiro atoms. The molecule has 0 fully saturated rings. The number of methoxy groups -OCH3 is 1. The molecule has 3 aromatic rings. The van der Waals surface area contributed by atoms with Crippen molar-refractivity contribution in [2.45, 2.75) is 39.7 Å². The molecule has 0 radical (unpaired) electrons. The van der Waals surface area contributed by atoms with E-state index in [2.05, 4.69) is 10.5 Å². The number of phenolic OH excluding ortho intramolecular Hbond substituents is 2. The van der Waals surface area contributed by atoms with Gasteiger partial charge in [-0.25, -0.2) is 0 Å². The van der Waals surface area contributed by atoms with Gasteiger partial charge in [-0.3, -0.25) is 9.59 Å². The topological polar surface area (TPSA) is 131 Å². The second-order valence-electron chi connectivity index (χ2n) is 8.51. The van der Waals surface area contributed by atoms with E-state index in [4.69, 9.17) is 25.6 Å². The summed E-state index contributed by atoms with van der Waals surface area (Å²) in [5.74, 6) is -0.655. The normalized spacial score (nSPS) is 12.6. The zero-order valence-electron chi connectivity index (χ0n) is 20.5. The van der Waals surface area contributed by atoms with Gasteiger partial charge in [0.05, 0.1) is 29.9 Å². The molecule has 2 atom stereocenters. The number of nitrogens with zero attached hydrogens (tertiary/aromatic N) is 1. The van der Waals surface area contributed by atoms with Crippen LogP contribution >= 0.6 is 11.6 Å². The fourth-order valence-corrected chi connectivity index (χ4v) is 4.09. The Morgan fingerprint density at radius 3 is 2.47 bits per heavy atom. The van der Waals surface area contributed by atoms with Gasteiger partial charge in [0, 0.05) is 18.5 Å². The predicted octanol–water partition coefficient (Wildman–Crippen LogP) is 5.18. The lowest BCUT2D eigenvalue weighted by Gasteiger charge is -2.18. The van der Waals surface area contributed by atoms with Crippen LogP contribution in [-0.2, 0) is 9.53 Å². The average molecular weight is 517 g/mol. The molecule has 9 nitrogen and oxygen atoms in total. The summed E-state index contributed by atoms with van der Waals surface area (Å²) in [6, 6.07) is 9.05. The van der Waals surface area contributed by atoms with Crippen molar-refractivity contribution in [1.29, 1.82) is 0 Å². The molecule has 3 N–H and O–H groups in total. The summed E-state index contributed by atoms with van der Waals surface area (Å²) in [5.41, 5.74) is 1.08. The van der Waals surface area contributed by atoms with Crippen LogP contribution in [-0.4, -0.2) is 47.0 Å². The van der Waals surface area contributed by atoms with Gasteiger partial charge < -0.3 is 29.5 Å². The van der Waals surface area contributed by atoms with Gasteiger partial charge in [-0.2, -0.15) is 0 Å². The van der Waals surface area contributed by atoms with Gasteiger partial charge >= 0.3 is 5.97 Å². The van der Waals surface area contributed by atoms with Crippen LogP contribution in [0.3, 0.4) is 0 Å². The standard InChI is InChI=1S/C26H29ClN2O7/c1-5-35-22(32)11-14(2)10-15(3)28-26(33)24-23(16-6-8-17(34-4)9-7-16)25(36-29-24)18-12-19(27)21(31)13-20(18)30/h6-9,12-15,30-31H,5,10-11H2,1-4H3,(H,28,33). The van der Waals surface area contributed by atoms with Crippen LogP contribution in [0.5, 0.6) is 17.2 Å². The number of nitrogens with one attached hydrogen (secondary N) is 1. The highest BCUT2D eigenvalue weighted by molar-refractivity contribution is 6.32. The minimum absolute atomic E-state index is 0.00339. The van der Waals surface area contributed by atoms with Crippen molar-refractivity contribution in [3.8, 4) is 39.7 Å². The van der Waals surface area contributed by atoms with Crippen LogP contribution < -0.4 is 10.1 Å². The number of ether oxygens (including phenoxy) is 2. The number of aromatic hydroxyl groups is 2. The number of esters is 1. The lowest BCUT2D eigenvalue weighted by Crippen LogP contribution is -2.34. The summed E-state index contributed by atoms with van der Waals surface area (Å²) >= 11 is 6.06. The Morgan fingerprint density at radius 1 is 1.14 bits per heavy atom. The summed E-state index contributed by atoms with van der Waals surface area (Å²) in [5, 5.41) is 27.2. The highest BCUT2D eigenvalue weighted by Crippen LogP contribution is 2.43. The fraction of sp³-hybridized carbons (Fsp3) is 0.346. The van der Waals surface area contributed by atoms with E-state index in [-0.39, 0.29) is 57.9 Å². The van der Waals surface area contributed by atoms with E-state index in [0.29, 0.717) is 29.9 Å². The van der Waals surface area contributed by atoms with Gasteiger partial charge in [0.2, 0.25) is 0 Å². The first-order chi connectivity index (χ1) is 17.1. The number of rotatable bonds is 10. The van der Waals surface area contributed by atoms with E-state index in [1.54, 1.807) is 38.3 Å². The first-order valence-electron chi connectivity index (χ1n) is 11.5. The van der Waals surface area contributed by atoms with Crippen LogP contribution in [0.4, 0.5) is 0 Å². The molecular formula is C26H29ClN2O7. The molecule has 0 saturated carbocycles. The Morgan fingerprint density at radius 2 is 1.83 bits per heavy atom. The Bertz CT molecular complexity index is 1220. The number of aromatic nitrogens is 1. The second-order valence-corrected chi connectivity index (χ2v) is 8.92. The van der Waals surface area contributed by atoms with Crippen LogP contribution in [0.2, 0.25) is 5.02 Å². The first-order valence-corrected chi connectivity index (χ1v) is 11.8. The number of amides is 1. The Balaban J connectivity index is 1.94. The van der Waals surface area contributed by atoms with Crippen molar-refractivity contribution >= 4 is 23.5 Å².